The van der Waals surface area contributed by atoms with Crippen molar-refractivity contribution in [2.75, 3.05) is 0 Å². The molecular formula is C23H26Si. The molecular weight excluding hydrogens is 304 g/mol. The number of unbranched alkanes of at least 4 members (excludes halogenated alkanes) is 1. The van der Waals surface area contributed by atoms with Gasteiger partial charge in [0, 0.05) is 16.7 Å². The molecule has 0 radical (unpaired) electrons. The topological polar surface area (TPSA) is 0 Å². The van der Waals surface area contributed by atoms with E-state index in [0.717, 1.165) is 23.1 Å². The Hall–Kier alpha value is -2.22. The monoisotopic (exact) mass is 330 g/mol. The molecule has 0 aliphatic rings. The molecule has 0 spiro atoms. The van der Waals surface area contributed by atoms with Gasteiger partial charge in [0.2, 0.25) is 0 Å². The molecule has 0 fully saturated rings. The van der Waals surface area contributed by atoms with E-state index in [1.165, 1.54) is 18.4 Å². The molecule has 0 nitrogen and oxygen atoms in total. The largest absolute Gasteiger partial charge is 0.129 e. The summed E-state index contributed by atoms with van der Waals surface area (Å²) in [6.07, 6.45) is 3.64. The van der Waals surface area contributed by atoms with Crippen molar-refractivity contribution < 1.29 is 0 Å². The highest BCUT2D eigenvalue weighted by Crippen LogP contribution is 2.08. The van der Waals surface area contributed by atoms with Crippen LogP contribution in [0.25, 0.3) is 0 Å². The van der Waals surface area contributed by atoms with Crippen LogP contribution in [0.3, 0.4) is 0 Å². The van der Waals surface area contributed by atoms with Crippen molar-refractivity contribution in [2.45, 2.75) is 45.8 Å². The Morgan fingerprint density at radius 1 is 0.708 bits per heavy atom. The van der Waals surface area contributed by atoms with E-state index in [2.05, 4.69) is 98.4 Å². The first-order valence-electron chi connectivity index (χ1n) is 8.70. The Balaban J connectivity index is 2.04. The van der Waals surface area contributed by atoms with Crippen LogP contribution in [0.1, 0.15) is 42.0 Å². The lowest BCUT2D eigenvalue weighted by atomic mass is 10.1. The summed E-state index contributed by atoms with van der Waals surface area (Å²) in [5, 5.41) is 0. The molecule has 0 saturated heterocycles. The van der Waals surface area contributed by atoms with E-state index in [-0.39, 0.29) is 0 Å². The minimum atomic E-state index is -1.32. The Morgan fingerprint density at radius 2 is 1.17 bits per heavy atom. The second-order valence-corrected chi connectivity index (χ2v) is 11.9. The van der Waals surface area contributed by atoms with Gasteiger partial charge in [-0.2, -0.15) is 0 Å². The summed E-state index contributed by atoms with van der Waals surface area (Å²) in [4.78, 5) is 0. The van der Waals surface area contributed by atoms with Crippen LogP contribution in [0, 0.1) is 23.3 Å². The maximum atomic E-state index is 3.39. The molecule has 0 unspecified atom stereocenters. The predicted octanol–water partition coefficient (Wildman–Crippen LogP) is 5.66. The maximum Gasteiger partial charge on any atom is 0.129 e. The molecule has 0 aromatic heterocycles. The molecule has 2 aromatic rings. The fraction of sp³-hybridized carbons (Fsp3) is 0.304. The summed E-state index contributed by atoms with van der Waals surface area (Å²) < 4.78 is 0. The third-order valence-corrected chi connectivity index (χ3v) is 4.47. The van der Waals surface area contributed by atoms with Crippen LogP contribution in [0.15, 0.2) is 48.5 Å². The van der Waals surface area contributed by atoms with Gasteiger partial charge in [0.25, 0.3) is 0 Å². The van der Waals surface area contributed by atoms with Gasteiger partial charge in [-0.1, -0.05) is 62.9 Å². The van der Waals surface area contributed by atoms with E-state index in [1.54, 1.807) is 0 Å². The second-order valence-electron chi connectivity index (χ2n) is 7.13. The zero-order chi connectivity index (χ0) is 17.4. The van der Waals surface area contributed by atoms with Crippen LogP contribution in [-0.2, 0) is 6.42 Å². The summed E-state index contributed by atoms with van der Waals surface area (Å²) >= 11 is 0. The molecule has 0 saturated carbocycles. The molecule has 2 rings (SSSR count). The molecule has 122 valence electrons. The molecule has 0 N–H and O–H groups in total. The summed E-state index contributed by atoms with van der Waals surface area (Å²) in [5.74, 6) is 9.75. The fourth-order valence-corrected chi connectivity index (χ4v) is 2.70. The summed E-state index contributed by atoms with van der Waals surface area (Å²) in [6, 6.07) is 16.8. The molecule has 1 heteroatoms. The fourth-order valence-electron chi connectivity index (χ4n) is 2.18. The number of hydrogen-bond acceptors (Lipinski definition) is 0. The third kappa shape index (κ3) is 6.49. The highest BCUT2D eigenvalue weighted by molar-refractivity contribution is 6.83. The van der Waals surface area contributed by atoms with Gasteiger partial charge in [-0.15, -0.1) is 5.54 Å². The highest BCUT2D eigenvalue weighted by Gasteiger charge is 2.07. The first kappa shape index (κ1) is 18.1. The summed E-state index contributed by atoms with van der Waals surface area (Å²) in [6.45, 7) is 9.00. The van der Waals surface area contributed by atoms with Crippen molar-refractivity contribution in [1.29, 1.82) is 0 Å². The van der Waals surface area contributed by atoms with Crippen LogP contribution in [0.2, 0.25) is 19.6 Å². The molecule has 0 heterocycles. The molecule has 0 atom stereocenters. The Bertz CT molecular complexity index is 767. The first-order chi connectivity index (χ1) is 11.5. The molecule has 0 aliphatic heterocycles. The van der Waals surface area contributed by atoms with Gasteiger partial charge in [0.1, 0.15) is 8.07 Å². The van der Waals surface area contributed by atoms with E-state index < -0.39 is 8.07 Å². The normalized spacial score (nSPS) is 10.3. The summed E-state index contributed by atoms with van der Waals surface area (Å²) in [7, 11) is -1.32. The maximum absolute atomic E-state index is 3.39. The van der Waals surface area contributed by atoms with Crippen LogP contribution < -0.4 is 0 Å². The first-order valence-corrected chi connectivity index (χ1v) is 12.2. The average molecular weight is 331 g/mol. The van der Waals surface area contributed by atoms with Crippen molar-refractivity contribution >= 4 is 8.07 Å². The smallest absolute Gasteiger partial charge is 0.127 e. The van der Waals surface area contributed by atoms with Crippen molar-refractivity contribution in [3.8, 4) is 23.3 Å². The van der Waals surface area contributed by atoms with Gasteiger partial charge in [-0.25, -0.2) is 0 Å². The zero-order valence-corrected chi connectivity index (χ0v) is 16.2. The Labute approximate surface area is 148 Å². The number of benzene rings is 2. The lowest BCUT2D eigenvalue weighted by Crippen LogP contribution is -2.16. The minimum Gasteiger partial charge on any atom is -0.127 e. The number of rotatable bonds is 3. The minimum absolute atomic E-state index is 1.03. The van der Waals surface area contributed by atoms with Gasteiger partial charge in [0.15, 0.2) is 0 Å². The van der Waals surface area contributed by atoms with Gasteiger partial charge in [-0.3, -0.25) is 0 Å². The number of hydrogen-bond donors (Lipinski definition) is 0. The van der Waals surface area contributed by atoms with E-state index in [9.17, 15) is 0 Å². The lowest BCUT2D eigenvalue weighted by Gasteiger charge is -2.03. The molecule has 2 aromatic carbocycles. The third-order valence-electron chi connectivity index (χ3n) is 3.59. The molecule has 0 bridgehead atoms. The average Bonchev–Trinajstić information content (AvgIpc) is 2.57. The summed E-state index contributed by atoms with van der Waals surface area (Å²) in [5.41, 5.74) is 7.96. The van der Waals surface area contributed by atoms with Gasteiger partial charge in [-0.05, 0) is 54.8 Å². The SMILES string of the molecule is CCCCc1ccc(C#Cc2ccc(C#C[Si](C)(C)C)cc2)cc1. The van der Waals surface area contributed by atoms with E-state index >= 15 is 0 Å². The van der Waals surface area contributed by atoms with E-state index in [1.807, 2.05) is 0 Å². The van der Waals surface area contributed by atoms with E-state index in [4.69, 9.17) is 0 Å². The van der Waals surface area contributed by atoms with E-state index in [0.29, 0.717) is 0 Å². The van der Waals surface area contributed by atoms with Crippen molar-refractivity contribution in [1.82, 2.24) is 0 Å². The lowest BCUT2D eigenvalue weighted by molar-refractivity contribution is 0.795. The molecule has 0 aliphatic carbocycles. The Morgan fingerprint density at radius 3 is 1.62 bits per heavy atom. The van der Waals surface area contributed by atoms with Crippen LogP contribution in [-0.4, -0.2) is 8.07 Å². The van der Waals surface area contributed by atoms with Crippen LogP contribution >= 0.6 is 0 Å². The molecule has 0 amide bonds. The van der Waals surface area contributed by atoms with Gasteiger partial charge >= 0.3 is 0 Å². The Kier molecular flexibility index (Phi) is 6.48. The standard InChI is InChI=1S/C23H26Si/c1-5-6-7-20-8-10-21(11-9-20)12-13-22-14-16-23(17-15-22)18-19-24(2,3)4/h8-11,14-17H,5-7H2,1-4H3. The molecule has 24 heavy (non-hydrogen) atoms. The predicted molar refractivity (Wildman–Crippen MR) is 108 cm³/mol. The zero-order valence-electron chi connectivity index (χ0n) is 15.2. The second kappa shape index (κ2) is 8.58. The van der Waals surface area contributed by atoms with Gasteiger partial charge in [0.05, 0.1) is 0 Å². The van der Waals surface area contributed by atoms with Crippen molar-refractivity contribution in [3.05, 3.63) is 70.8 Å². The highest BCUT2D eigenvalue weighted by atomic mass is 28.3. The quantitative estimate of drug-likeness (QED) is 0.503. The van der Waals surface area contributed by atoms with Crippen molar-refractivity contribution in [3.63, 3.8) is 0 Å². The van der Waals surface area contributed by atoms with Crippen molar-refractivity contribution in [2.24, 2.45) is 0 Å². The van der Waals surface area contributed by atoms with Crippen LogP contribution in [0.4, 0.5) is 0 Å². The van der Waals surface area contributed by atoms with Crippen LogP contribution in [0.5, 0.6) is 0 Å². The van der Waals surface area contributed by atoms with Gasteiger partial charge < -0.3 is 0 Å². The number of aryl methyl sites for hydroxylation is 1.